The van der Waals surface area contributed by atoms with Gasteiger partial charge in [-0.05, 0) is 30.3 Å². The van der Waals surface area contributed by atoms with Gasteiger partial charge in [0.05, 0.1) is 11.0 Å². The SMILES string of the molecule is CC(=O)Nc1nc2ccccc2n1C(=O)Nc1cccc(Cl)c1. The van der Waals surface area contributed by atoms with Crippen LogP contribution in [0.25, 0.3) is 11.0 Å². The minimum absolute atomic E-state index is 0.165. The van der Waals surface area contributed by atoms with Gasteiger partial charge in [0.15, 0.2) is 0 Å². The Balaban J connectivity index is 2.02. The van der Waals surface area contributed by atoms with E-state index in [-0.39, 0.29) is 11.9 Å². The predicted octanol–water partition coefficient (Wildman–Crippen LogP) is 3.73. The molecule has 0 saturated heterocycles. The highest BCUT2D eigenvalue weighted by molar-refractivity contribution is 6.30. The second-order valence-electron chi connectivity index (χ2n) is 4.88. The second-order valence-corrected chi connectivity index (χ2v) is 5.32. The number of aromatic nitrogens is 2. The first-order valence-electron chi connectivity index (χ1n) is 6.86. The van der Waals surface area contributed by atoms with Crippen LogP contribution in [0.1, 0.15) is 6.92 Å². The average molecular weight is 329 g/mol. The van der Waals surface area contributed by atoms with Crippen LogP contribution in [0.15, 0.2) is 48.5 Å². The predicted molar refractivity (Wildman–Crippen MR) is 89.9 cm³/mol. The summed E-state index contributed by atoms with van der Waals surface area (Å²) < 4.78 is 1.32. The fraction of sp³-hybridized carbons (Fsp3) is 0.0625. The summed E-state index contributed by atoms with van der Waals surface area (Å²) in [5, 5.41) is 5.82. The lowest BCUT2D eigenvalue weighted by molar-refractivity contribution is -0.114. The quantitative estimate of drug-likeness (QED) is 0.752. The summed E-state index contributed by atoms with van der Waals surface area (Å²) >= 11 is 5.92. The van der Waals surface area contributed by atoms with Gasteiger partial charge in [0.1, 0.15) is 0 Å². The molecule has 2 amide bonds. The molecule has 1 aromatic heterocycles. The van der Waals surface area contributed by atoms with Gasteiger partial charge in [0, 0.05) is 17.6 Å². The van der Waals surface area contributed by atoms with Crippen molar-refractivity contribution in [3.05, 3.63) is 53.6 Å². The number of hydrogen-bond acceptors (Lipinski definition) is 3. The number of rotatable bonds is 2. The maximum absolute atomic E-state index is 12.6. The fourth-order valence-corrected chi connectivity index (χ4v) is 2.41. The number of imidazole rings is 1. The van der Waals surface area contributed by atoms with Gasteiger partial charge < -0.3 is 5.32 Å². The fourth-order valence-electron chi connectivity index (χ4n) is 2.22. The highest BCUT2D eigenvalue weighted by Gasteiger charge is 2.17. The summed E-state index contributed by atoms with van der Waals surface area (Å²) in [7, 11) is 0. The van der Waals surface area contributed by atoms with Gasteiger partial charge in [-0.25, -0.2) is 14.3 Å². The number of hydrogen-bond donors (Lipinski definition) is 2. The topological polar surface area (TPSA) is 76.0 Å². The first-order chi connectivity index (χ1) is 11.0. The normalized spacial score (nSPS) is 10.5. The molecule has 2 aromatic carbocycles. The zero-order chi connectivity index (χ0) is 16.4. The van der Waals surface area contributed by atoms with E-state index in [4.69, 9.17) is 11.6 Å². The van der Waals surface area contributed by atoms with Crippen LogP contribution >= 0.6 is 11.6 Å². The third kappa shape index (κ3) is 3.17. The molecule has 0 aliphatic heterocycles. The lowest BCUT2D eigenvalue weighted by Gasteiger charge is -2.10. The molecule has 23 heavy (non-hydrogen) atoms. The van der Waals surface area contributed by atoms with Crippen molar-refractivity contribution in [1.82, 2.24) is 9.55 Å². The molecule has 0 atom stereocenters. The van der Waals surface area contributed by atoms with E-state index in [0.29, 0.717) is 21.7 Å². The van der Waals surface area contributed by atoms with Crippen molar-refractivity contribution in [3.8, 4) is 0 Å². The summed E-state index contributed by atoms with van der Waals surface area (Å²) in [6, 6.07) is 13.5. The van der Waals surface area contributed by atoms with Crippen molar-refractivity contribution < 1.29 is 9.59 Å². The molecule has 3 aromatic rings. The molecular formula is C16H13ClN4O2. The van der Waals surface area contributed by atoms with Crippen molar-refractivity contribution in [2.45, 2.75) is 6.92 Å². The molecule has 0 saturated carbocycles. The van der Waals surface area contributed by atoms with Crippen molar-refractivity contribution in [1.29, 1.82) is 0 Å². The van der Waals surface area contributed by atoms with Crippen LogP contribution in [0, 0.1) is 0 Å². The number of benzene rings is 2. The molecule has 0 bridgehead atoms. The van der Waals surface area contributed by atoms with Crippen LogP contribution in [0.4, 0.5) is 16.4 Å². The molecular weight excluding hydrogens is 316 g/mol. The van der Waals surface area contributed by atoms with Crippen LogP contribution in [0.3, 0.4) is 0 Å². The summed E-state index contributed by atoms with van der Waals surface area (Å²) in [5.74, 6) is -0.143. The van der Waals surface area contributed by atoms with E-state index in [1.54, 1.807) is 42.5 Å². The summed E-state index contributed by atoms with van der Waals surface area (Å²) in [6.07, 6.45) is 0. The van der Waals surface area contributed by atoms with E-state index < -0.39 is 6.03 Å². The molecule has 0 unspecified atom stereocenters. The maximum Gasteiger partial charge on any atom is 0.333 e. The van der Waals surface area contributed by atoms with E-state index in [1.165, 1.54) is 11.5 Å². The van der Waals surface area contributed by atoms with Crippen molar-refractivity contribution >= 4 is 46.2 Å². The number of carbonyl (C=O) groups excluding carboxylic acids is 2. The summed E-state index contributed by atoms with van der Waals surface area (Å²) in [6.45, 7) is 1.36. The zero-order valence-electron chi connectivity index (χ0n) is 12.2. The number of fused-ring (bicyclic) bond motifs is 1. The molecule has 0 fully saturated rings. The van der Waals surface area contributed by atoms with E-state index >= 15 is 0 Å². The van der Waals surface area contributed by atoms with Crippen LogP contribution in [-0.2, 0) is 4.79 Å². The van der Waals surface area contributed by atoms with Gasteiger partial charge >= 0.3 is 6.03 Å². The molecule has 0 spiro atoms. The number of amides is 2. The van der Waals surface area contributed by atoms with Gasteiger partial charge in [-0.15, -0.1) is 0 Å². The first-order valence-corrected chi connectivity index (χ1v) is 7.24. The second kappa shape index (κ2) is 6.10. The van der Waals surface area contributed by atoms with Crippen LogP contribution in [0.2, 0.25) is 5.02 Å². The number of carbonyl (C=O) groups is 2. The number of nitrogens with one attached hydrogen (secondary N) is 2. The monoisotopic (exact) mass is 328 g/mol. The molecule has 0 aliphatic carbocycles. The third-order valence-electron chi connectivity index (χ3n) is 3.13. The Kier molecular flexibility index (Phi) is 3.99. The van der Waals surface area contributed by atoms with Gasteiger partial charge in [-0.3, -0.25) is 10.1 Å². The van der Waals surface area contributed by atoms with E-state index in [1.807, 2.05) is 6.07 Å². The molecule has 6 nitrogen and oxygen atoms in total. The Morgan fingerprint density at radius 3 is 2.61 bits per heavy atom. The van der Waals surface area contributed by atoms with Gasteiger partial charge in [0.2, 0.25) is 11.9 Å². The maximum atomic E-state index is 12.6. The van der Waals surface area contributed by atoms with Crippen molar-refractivity contribution in [3.63, 3.8) is 0 Å². The molecule has 7 heteroatoms. The number of nitrogens with zero attached hydrogens (tertiary/aromatic N) is 2. The van der Waals surface area contributed by atoms with E-state index in [9.17, 15) is 9.59 Å². The smallest absolute Gasteiger partial charge is 0.307 e. The number of halogens is 1. The molecule has 2 N–H and O–H groups in total. The average Bonchev–Trinajstić information content (AvgIpc) is 2.84. The van der Waals surface area contributed by atoms with Gasteiger partial charge in [-0.1, -0.05) is 29.8 Å². The highest BCUT2D eigenvalue weighted by atomic mass is 35.5. The number of para-hydroxylation sites is 2. The Labute approximate surface area is 137 Å². The van der Waals surface area contributed by atoms with Crippen molar-refractivity contribution in [2.24, 2.45) is 0 Å². The van der Waals surface area contributed by atoms with E-state index in [2.05, 4.69) is 15.6 Å². The Morgan fingerprint density at radius 1 is 1.09 bits per heavy atom. The standard InChI is InChI=1S/C16H13ClN4O2/c1-10(22)18-15-20-13-7-2-3-8-14(13)21(15)16(23)19-12-6-4-5-11(17)9-12/h2-9H,1H3,(H,19,23)(H,18,20,22). The van der Waals surface area contributed by atoms with Crippen LogP contribution in [-0.4, -0.2) is 21.5 Å². The van der Waals surface area contributed by atoms with Gasteiger partial charge in [0.25, 0.3) is 0 Å². The summed E-state index contributed by atoms with van der Waals surface area (Å²) in [5.41, 5.74) is 1.75. The molecule has 116 valence electrons. The minimum atomic E-state index is -0.440. The van der Waals surface area contributed by atoms with E-state index in [0.717, 1.165) is 0 Å². The Hall–Kier alpha value is -2.86. The molecule has 1 heterocycles. The molecule has 3 rings (SSSR count). The highest BCUT2D eigenvalue weighted by Crippen LogP contribution is 2.21. The summed E-state index contributed by atoms with van der Waals surface area (Å²) in [4.78, 5) is 28.3. The first kappa shape index (κ1) is 15.1. The van der Waals surface area contributed by atoms with Gasteiger partial charge in [-0.2, -0.15) is 0 Å². The molecule has 0 radical (unpaired) electrons. The lowest BCUT2D eigenvalue weighted by Crippen LogP contribution is -2.22. The van der Waals surface area contributed by atoms with Crippen LogP contribution < -0.4 is 10.6 Å². The zero-order valence-corrected chi connectivity index (χ0v) is 13.0. The Bertz CT molecular complexity index is 904. The third-order valence-corrected chi connectivity index (χ3v) is 3.36. The minimum Gasteiger partial charge on any atom is -0.307 e. The lowest BCUT2D eigenvalue weighted by atomic mass is 10.3. The molecule has 0 aliphatic rings. The Morgan fingerprint density at radius 2 is 1.87 bits per heavy atom. The largest absolute Gasteiger partial charge is 0.333 e. The van der Waals surface area contributed by atoms with Crippen LogP contribution in [0.5, 0.6) is 0 Å². The number of anilines is 2. The van der Waals surface area contributed by atoms with Crippen molar-refractivity contribution in [2.75, 3.05) is 10.6 Å².